The number of allylic oxidation sites excluding steroid dienone is 6. The summed E-state index contributed by atoms with van der Waals surface area (Å²) < 4.78 is 5.84. The van der Waals surface area contributed by atoms with Gasteiger partial charge in [0.05, 0.1) is 6.61 Å². The van der Waals surface area contributed by atoms with Crippen LogP contribution in [0, 0.1) is 6.92 Å². The molecule has 0 radical (unpaired) electrons. The first-order chi connectivity index (χ1) is 11.7. The van der Waals surface area contributed by atoms with Crippen molar-refractivity contribution in [3.63, 3.8) is 0 Å². The predicted molar refractivity (Wildman–Crippen MR) is 107 cm³/mol. The Bertz CT molecular complexity index is 549. The van der Waals surface area contributed by atoms with Gasteiger partial charge in [-0.3, -0.25) is 0 Å². The van der Waals surface area contributed by atoms with Crippen LogP contribution in [0.5, 0.6) is 5.75 Å². The molecule has 0 unspecified atom stereocenters. The number of unbranched alkanes of at least 4 members (excludes halogenated alkanes) is 3. The summed E-state index contributed by atoms with van der Waals surface area (Å²) >= 11 is 0. The van der Waals surface area contributed by atoms with Crippen molar-refractivity contribution in [1.29, 1.82) is 0 Å². The van der Waals surface area contributed by atoms with Crippen LogP contribution >= 0.6 is 0 Å². The number of rotatable bonds is 11. The highest BCUT2D eigenvalue weighted by atomic mass is 16.5. The van der Waals surface area contributed by atoms with E-state index in [0.29, 0.717) is 0 Å². The number of hydrogen-bond acceptors (Lipinski definition) is 1. The Balaban J connectivity index is 2.14. The third-order valence-electron chi connectivity index (χ3n) is 4.19. The molecular weight excluding hydrogens is 292 g/mol. The van der Waals surface area contributed by atoms with E-state index >= 15 is 0 Å². The second kappa shape index (κ2) is 12.6. The Morgan fingerprint density at radius 3 is 2.50 bits per heavy atom. The van der Waals surface area contributed by atoms with Crippen molar-refractivity contribution >= 4 is 0 Å². The van der Waals surface area contributed by atoms with E-state index in [0.717, 1.165) is 25.2 Å². The molecule has 24 heavy (non-hydrogen) atoms. The maximum absolute atomic E-state index is 5.84. The van der Waals surface area contributed by atoms with Crippen LogP contribution in [0.2, 0.25) is 0 Å². The van der Waals surface area contributed by atoms with Gasteiger partial charge < -0.3 is 4.74 Å². The topological polar surface area (TPSA) is 9.23 Å². The fourth-order valence-corrected chi connectivity index (χ4v) is 2.60. The highest BCUT2D eigenvalue weighted by molar-refractivity contribution is 5.31. The van der Waals surface area contributed by atoms with E-state index in [9.17, 15) is 0 Å². The minimum Gasteiger partial charge on any atom is -0.493 e. The van der Waals surface area contributed by atoms with Crippen molar-refractivity contribution in [3.05, 3.63) is 65.3 Å². The lowest BCUT2D eigenvalue weighted by Gasteiger charge is -2.08. The number of hydrogen-bond donors (Lipinski definition) is 0. The lowest BCUT2D eigenvalue weighted by atomic mass is 10.1. The molecule has 0 saturated heterocycles. The van der Waals surface area contributed by atoms with Crippen LogP contribution in [0.1, 0.15) is 64.9 Å². The Hall–Kier alpha value is -1.76. The third-order valence-corrected chi connectivity index (χ3v) is 4.19. The molecule has 0 amide bonds. The van der Waals surface area contributed by atoms with Crippen LogP contribution < -0.4 is 4.74 Å². The Morgan fingerprint density at radius 2 is 1.79 bits per heavy atom. The summed E-state index contributed by atoms with van der Waals surface area (Å²) in [7, 11) is 0. The molecule has 0 aliphatic heterocycles. The summed E-state index contributed by atoms with van der Waals surface area (Å²) in [5.74, 6) is 1.02. The van der Waals surface area contributed by atoms with Crippen molar-refractivity contribution in [1.82, 2.24) is 0 Å². The van der Waals surface area contributed by atoms with Crippen LogP contribution in [0.15, 0.2) is 59.7 Å². The van der Waals surface area contributed by atoms with Crippen LogP contribution in [-0.4, -0.2) is 6.61 Å². The van der Waals surface area contributed by atoms with Crippen LogP contribution in [-0.2, 0) is 0 Å². The minimum atomic E-state index is 0.825. The molecule has 1 aromatic rings. The zero-order valence-electron chi connectivity index (χ0n) is 16.0. The van der Waals surface area contributed by atoms with Gasteiger partial charge >= 0.3 is 0 Å². The van der Waals surface area contributed by atoms with E-state index in [1.807, 2.05) is 6.07 Å². The molecule has 132 valence electrons. The molecule has 0 N–H and O–H groups in total. The molecule has 0 atom stereocenters. The van der Waals surface area contributed by atoms with Gasteiger partial charge in [0, 0.05) is 0 Å². The second-order valence-electron chi connectivity index (χ2n) is 6.39. The van der Waals surface area contributed by atoms with Gasteiger partial charge in [0.2, 0.25) is 0 Å². The molecule has 1 aromatic carbocycles. The summed E-state index contributed by atoms with van der Waals surface area (Å²) in [5, 5.41) is 0. The van der Waals surface area contributed by atoms with Crippen molar-refractivity contribution in [3.8, 4) is 5.75 Å². The average Bonchev–Trinajstić information content (AvgIpc) is 2.59. The summed E-state index contributed by atoms with van der Waals surface area (Å²) in [6.45, 7) is 9.43. The van der Waals surface area contributed by atoms with Crippen LogP contribution in [0.25, 0.3) is 0 Å². The van der Waals surface area contributed by atoms with Crippen molar-refractivity contribution in [2.45, 2.75) is 66.2 Å². The number of ether oxygens (including phenoxy) is 1. The van der Waals surface area contributed by atoms with E-state index in [-0.39, 0.29) is 0 Å². The van der Waals surface area contributed by atoms with Gasteiger partial charge in [0.15, 0.2) is 0 Å². The fourth-order valence-electron chi connectivity index (χ4n) is 2.60. The molecule has 0 fully saturated rings. The molecule has 1 nitrogen and oxygen atoms in total. The number of aryl methyl sites for hydroxylation is 1. The first kappa shape index (κ1) is 20.3. The first-order valence-electron chi connectivity index (χ1n) is 9.34. The van der Waals surface area contributed by atoms with E-state index in [2.05, 4.69) is 70.2 Å². The van der Waals surface area contributed by atoms with Gasteiger partial charge in [0.1, 0.15) is 5.75 Å². The molecule has 0 aliphatic carbocycles. The van der Waals surface area contributed by atoms with Gasteiger partial charge in [-0.2, -0.15) is 0 Å². The van der Waals surface area contributed by atoms with E-state index < -0.39 is 0 Å². The van der Waals surface area contributed by atoms with Crippen molar-refractivity contribution in [2.24, 2.45) is 0 Å². The summed E-state index contributed by atoms with van der Waals surface area (Å²) in [6, 6.07) is 8.23. The van der Waals surface area contributed by atoms with Gasteiger partial charge in [-0.05, 0) is 63.7 Å². The van der Waals surface area contributed by atoms with Gasteiger partial charge in [0.25, 0.3) is 0 Å². The Labute approximate surface area is 149 Å². The SMILES string of the molecule is CC=C/C(=C/C=C(\C)CCCCCCOc1ccccc1C)CC. The van der Waals surface area contributed by atoms with Gasteiger partial charge in [-0.25, -0.2) is 0 Å². The summed E-state index contributed by atoms with van der Waals surface area (Å²) in [4.78, 5) is 0. The molecule has 1 rings (SSSR count). The zero-order chi connectivity index (χ0) is 17.6. The predicted octanol–water partition coefficient (Wildman–Crippen LogP) is 7.18. The minimum absolute atomic E-state index is 0.825. The molecular formula is C23H34O. The molecule has 0 aromatic heterocycles. The smallest absolute Gasteiger partial charge is 0.122 e. The lowest BCUT2D eigenvalue weighted by Crippen LogP contribution is -1.98. The molecule has 1 heteroatoms. The highest BCUT2D eigenvalue weighted by Crippen LogP contribution is 2.17. The Kier molecular flexibility index (Phi) is 10.7. The van der Waals surface area contributed by atoms with E-state index in [1.165, 1.54) is 42.4 Å². The Morgan fingerprint density at radius 1 is 1.04 bits per heavy atom. The quantitative estimate of drug-likeness (QED) is 0.309. The highest BCUT2D eigenvalue weighted by Gasteiger charge is 1.97. The molecule has 0 heterocycles. The summed E-state index contributed by atoms with van der Waals surface area (Å²) in [6.07, 6.45) is 16.1. The third kappa shape index (κ3) is 8.76. The fraction of sp³-hybridized carbons (Fsp3) is 0.478. The maximum atomic E-state index is 5.84. The average molecular weight is 327 g/mol. The van der Waals surface area contributed by atoms with Crippen molar-refractivity contribution in [2.75, 3.05) is 6.61 Å². The normalized spacial score (nSPS) is 12.8. The molecule has 0 bridgehead atoms. The molecule has 0 saturated carbocycles. The second-order valence-corrected chi connectivity index (χ2v) is 6.39. The number of benzene rings is 1. The van der Waals surface area contributed by atoms with Crippen LogP contribution in [0.4, 0.5) is 0 Å². The standard InChI is InChI=1S/C23H34O/c1-5-13-22(6-2)18-17-20(3)14-9-7-8-12-19-24-23-16-11-10-15-21(23)4/h5,10-11,13,15-18H,6-9,12,14,19H2,1-4H3/b13-5?,20-17+,22-18+. The van der Waals surface area contributed by atoms with Gasteiger partial charge in [-0.1, -0.05) is 67.8 Å². The van der Waals surface area contributed by atoms with Crippen molar-refractivity contribution < 1.29 is 4.74 Å². The van der Waals surface area contributed by atoms with Crippen LogP contribution in [0.3, 0.4) is 0 Å². The monoisotopic (exact) mass is 326 g/mol. The maximum Gasteiger partial charge on any atom is 0.122 e. The first-order valence-corrected chi connectivity index (χ1v) is 9.34. The molecule has 0 spiro atoms. The van der Waals surface area contributed by atoms with Gasteiger partial charge in [-0.15, -0.1) is 0 Å². The zero-order valence-corrected chi connectivity index (χ0v) is 16.0. The van der Waals surface area contributed by atoms with E-state index in [1.54, 1.807) is 0 Å². The lowest BCUT2D eigenvalue weighted by molar-refractivity contribution is 0.303. The largest absolute Gasteiger partial charge is 0.493 e. The number of para-hydroxylation sites is 1. The molecule has 0 aliphatic rings. The summed E-state index contributed by atoms with van der Waals surface area (Å²) in [5.41, 5.74) is 4.09. The van der Waals surface area contributed by atoms with E-state index in [4.69, 9.17) is 4.74 Å².